The summed E-state index contributed by atoms with van der Waals surface area (Å²) in [4.78, 5) is 0. The van der Waals surface area contributed by atoms with Gasteiger partial charge in [0.1, 0.15) is 0 Å². The molecule has 0 aromatic rings. The topological polar surface area (TPSA) is 24.7 Å². The first kappa shape index (κ1) is 7.06. The predicted octanol–water partition coefficient (Wildman–Crippen LogP) is 2.74. The zero-order chi connectivity index (χ0) is 4.83. The van der Waals surface area contributed by atoms with Crippen molar-refractivity contribution in [2.45, 2.75) is 0 Å². The summed E-state index contributed by atoms with van der Waals surface area (Å²) in [5.74, 6) is 0. The Morgan fingerprint density at radius 3 is 2.67 bits per heavy atom. The number of hydrogen-bond acceptors (Lipinski definition) is 2. The molecular formula is H4N2P4. The summed E-state index contributed by atoms with van der Waals surface area (Å²) in [6.07, 6.45) is 0. The molecule has 6 heteroatoms. The van der Waals surface area contributed by atoms with Crippen molar-refractivity contribution in [3.8, 4) is 0 Å². The maximum absolute atomic E-state index is 3.70. The second kappa shape index (κ2) is 6.06. The highest BCUT2D eigenvalue weighted by molar-refractivity contribution is 8.07. The summed E-state index contributed by atoms with van der Waals surface area (Å²) >= 11 is 0. The molecule has 2 atom stereocenters. The highest BCUT2D eigenvalue weighted by atomic mass is 32.0. The number of hydrogen-bond donors (Lipinski definition) is 0. The van der Waals surface area contributed by atoms with E-state index in [0.29, 0.717) is 8.42 Å². The Kier molecular flexibility index (Phi) is 7.13. The van der Waals surface area contributed by atoms with Crippen LogP contribution in [0.4, 0.5) is 0 Å². The van der Waals surface area contributed by atoms with Crippen LogP contribution in [0, 0.1) is 0 Å². The molecule has 0 radical (unpaired) electrons. The van der Waals surface area contributed by atoms with Crippen molar-refractivity contribution in [2.75, 3.05) is 0 Å². The minimum absolute atomic E-state index is 0.538. The molecule has 6 heavy (non-hydrogen) atoms. The largest absolute Gasteiger partial charge is 0.246 e. The highest BCUT2D eigenvalue weighted by Gasteiger charge is 1.61. The minimum Gasteiger partial charge on any atom is -0.246 e. The van der Waals surface area contributed by atoms with Gasteiger partial charge in [0.2, 0.25) is 0 Å². The molecule has 0 bridgehead atoms. The van der Waals surface area contributed by atoms with Crippen molar-refractivity contribution >= 4 is 34.9 Å². The van der Waals surface area contributed by atoms with Crippen LogP contribution in [0.2, 0.25) is 0 Å². The second-order valence-electron chi connectivity index (χ2n) is 0.427. The highest BCUT2D eigenvalue weighted by Crippen LogP contribution is 2.32. The van der Waals surface area contributed by atoms with Crippen LogP contribution >= 0.6 is 34.9 Å². The third-order valence-corrected chi connectivity index (χ3v) is 3.31. The van der Waals surface area contributed by atoms with Gasteiger partial charge in [0, 0.05) is 0 Å². The van der Waals surface area contributed by atoms with Gasteiger partial charge in [0.25, 0.3) is 0 Å². The van der Waals surface area contributed by atoms with E-state index in [-0.39, 0.29) is 0 Å². The third kappa shape index (κ3) is 5.06. The van der Waals surface area contributed by atoms with E-state index in [2.05, 4.69) is 27.5 Å². The number of nitrogens with zero attached hydrogens (tertiary/aromatic N) is 2. The summed E-state index contributed by atoms with van der Waals surface area (Å²) in [5.41, 5.74) is 0. The lowest BCUT2D eigenvalue weighted by Crippen LogP contribution is -1.04. The predicted molar refractivity (Wildman–Crippen MR) is 38.1 cm³/mol. The van der Waals surface area contributed by atoms with Crippen LogP contribution in [0.25, 0.3) is 0 Å². The van der Waals surface area contributed by atoms with Gasteiger partial charge in [-0.2, -0.15) is 0 Å². The fourth-order valence-electron chi connectivity index (χ4n) is 0.0482. The molecule has 0 aromatic heterocycles. The van der Waals surface area contributed by atoms with Gasteiger partial charge in [0.15, 0.2) is 0 Å². The van der Waals surface area contributed by atoms with Gasteiger partial charge in [-0.3, -0.25) is 0 Å². The summed E-state index contributed by atoms with van der Waals surface area (Å²) in [6, 6.07) is 0. The van der Waals surface area contributed by atoms with E-state index in [1.54, 1.807) is 0 Å². The molecule has 0 aliphatic heterocycles. The lowest BCUT2D eigenvalue weighted by molar-refractivity contribution is 2.08. The van der Waals surface area contributed by atoms with Gasteiger partial charge < -0.3 is 0 Å². The fraction of sp³-hybridized carbons (Fsp3) is 0. The van der Waals surface area contributed by atoms with Gasteiger partial charge in [-0.25, -0.2) is 9.03 Å². The molecule has 2 unspecified atom stereocenters. The van der Waals surface area contributed by atoms with Gasteiger partial charge in [-0.1, -0.05) is 0 Å². The van der Waals surface area contributed by atoms with Crippen molar-refractivity contribution in [2.24, 2.45) is 9.03 Å². The number of rotatable bonds is 2. The smallest absolute Gasteiger partial charge is 0.0787 e. The molecule has 0 aromatic carbocycles. The third-order valence-electron chi connectivity index (χ3n) is 0.152. The van der Waals surface area contributed by atoms with Gasteiger partial charge in [0.05, 0.1) is 16.5 Å². The first-order valence-corrected chi connectivity index (χ1v) is 4.73. The monoisotopic (exact) mass is 156 g/mol. The fourth-order valence-corrected chi connectivity index (χ4v) is 1.30. The van der Waals surface area contributed by atoms with E-state index in [0.717, 1.165) is 8.06 Å². The van der Waals surface area contributed by atoms with E-state index in [4.69, 9.17) is 0 Å². The van der Waals surface area contributed by atoms with E-state index < -0.39 is 0 Å². The zero-order valence-corrected chi connectivity index (χ0v) is 6.97. The molecular weight excluding hydrogens is 152 g/mol. The van der Waals surface area contributed by atoms with Crippen molar-refractivity contribution in [3.63, 3.8) is 0 Å². The first-order valence-electron chi connectivity index (χ1n) is 1.13. The molecule has 0 saturated heterocycles. The van der Waals surface area contributed by atoms with Crippen LogP contribution in [0.3, 0.4) is 0 Å². The SMILES string of the molecule is P=NPP=NP. The van der Waals surface area contributed by atoms with Crippen molar-refractivity contribution in [1.82, 2.24) is 0 Å². The quantitative estimate of drug-likeness (QED) is 0.549. The van der Waals surface area contributed by atoms with Crippen LogP contribution < -0.4 is 0 Å². The van der Waals surface area contributed by atoms with Gasteiger partial charge >= 0.3 is 0 Å². The Balaban J connectivity index is 2.85. The molecule has 0 fully saturated rings. The van der Waals surface area contributed by atoms with Crippen LogP contribution in [0.5, 0.6) is 0 Å². The van der Waals surface area contributed by atoms with E-state index in [1.807, 2.05) is 0 Å². The van der Waals surface area contributed by atoms with Crippen molar-refractivity contribution in [1.29, 1.82) is 0 Å². The maximum Gasteiger partial charge on any atom is 0.0787 e. The Bertz CT molecular complexity index is 56.6. The molecule has 0 saturated carbocycles. The maximum atomic E-state index is 3.70. The van der Waals surface area contributed by atoms with Crippen molar-refractivity contribution < 1.29 is 0 Å². The Hall–Kier alpha value is 1.06. The van der Waals surface area contributed by atoms with Crippen LogP contribution in [-0.4, -0.2) is 0 Å². The average molecular weight is 156 g/mol. The lowest BCUT2D eigenvalue weighted by Gasteiger charge is -1.68. The summed E-state index contributed by atoms with van der Waals surface area (Å²) in [6.45, 7) is 0. The second-order valence-corrected chi connectivity index (χ2v) is 3.85. The Morgan fingerprint density at radius 2 is 2.50 bits per heavy atom. The molecule has 0 amide bonds. The average Bonchev–Trinajstić information content (AvgIpc) is 1.61. The molecule has 0 heterocycles. The molecule has 0 rings (SSSR count). The molecule has 0 N–H and O–H groups in total. The molecule has 0 spiro atoms. The first-order chi connectivity index (χ1) is 2.91. The minimum atomic E-state index is 0.538. The van der Waals surface area contributed by atoms with Crippen molar-refractivity contribution in [3.05, 3.63) is 0 Å². The van der Waals surface area contributed by atoms with E-state index in [1.165, 1.54) is 0 Å². The van der Waals surface area contributed by atoms with Crippen LogP contribution in [0.1, 0.15) is 0 Å². The molecule has 34 valence electrons. The Labute approximate surface area is 44.7 Å². The standard InChI is InChI=1S/H4N2P4/c3-1-5-6-2-4/h3,5H,4H2. The summed E-state index contributed by atoms with van der Waals surface area (Å²) in [5, 5.41) is 0. The Morgan fingerprint density at radius 1 is 1.83 bits per heavy atom. The molecule has 2 nitrogen and oxygen atoms in total. The van der Waals surface area contributed by atoms with Gasteiger partial charge in [-0.05, 0) is 18.4 Å². The molecule has 0 aliphatic carbocycles. The van der Waals surface area contributed by atoms with Gasteiger partial charge in [-0.15, -0.1) is 0 Å². The zero-order valence-electron chi connectivity index (χ0n) is 2.92. The van der Waals surface area contributed by atoms with Crippen LogP contribution in [0.15, 0.2) is 9.03 Å². The lowest BCUT2D eigenvalue weighted by atomic mass is 13.9. The van der Waals surface area contributed by atoms with E-state index in [9.17, 15) is 0 Å². The van der Waals surface area contributed by atoms with Crippen LogP contribution in [-0.2, 0) is 0 Å². The summed E-state index contributed by atoms with van der Waals surface area (Å²) in [7, 11) is 6.77. The molecule has 0 aliphatic rings. The normalized spacial score (nSPS) is 11.5. The van der Waals surface area contributed by atoms with E-state index >= 15 is 0 Å². The summed E-state index contributed by atoms with van der Waals surface area (Å²) < 4.78 is 7.34.